The lowest BCUT2D eigenvalue weighted by Crippen LogP contribution is -2.41. The van der Waals surface area contributed by atoms with Crippen molar-refractivity contribution in [1.29, 1.82) is 0 Å². The Morgan fingerprint density at radius 3 is 2.32 bits per heavy atom. The molecule has 0 bridgehead atoms. The van der Waals surface area contributed by atoms with E-state index >= 15 is 0 Å². The van der Waals surface area contributed by atoms with E-state index in [9.17, 15) is 4.79 Å². The van der Waals surface area contributed by atoms with E-state index < -0.39 is 14.6 Å². The molecular formula is C26H40O4Si. The van der Waals surface area contributed by atoms with Gasteiger partial charge in [-0.15, -0.1) is 6.58 Å². The number of carbonyl (C=O) groups is 1. The van der Waals surface area contributed by atoms with Gasteiger partial charge in [0.15, 0.2) is 0 Å². The Morgan fingerprint density at radius 2 is 1.81 bits per heavy atom. The van der Waals surface area contributed by atoms with Gasteiger partial charge in [0.2, 0.25) is 14.6 Å². The zero-order valence-electron chi connectivity index (χ0n) is 20.1. The van der Waals surface area contributed by atoms with Crippen molar-refractivity contribution in [3.63, 3.8) is 0 Å². The van der Waals surface area contributed by atoms with E-state index in [1.54, 1.807) is 6.08 Å². The van der Waals surface area contributed by atoms with Crippen molar-refractivity contribution in [2.75, 3.05) is 0 Å². The van der Waals surface area contributed by atoms with Crippen LogP contribution in [0, 0.1) is 0 Å². The Kier molecular flexibility index (Phi) is 11.0. The van der Waals surface area contributed by atoms with Crippen LogP contribution in [0.25, 0.3) is 0 Å². The number of benzene rings is 1. The Labute approximate surface area is 190 Å². The molecule has 172 valence electrons. The summed E-state index contributed by atoms with van der Waals surface area (Å²) in [6.45, 7) is 20.0. The smallest absolute Gasteiger partial charge is 0.304 e. The topological polar surface area (TPSA) is 44.8 Å². The van der Waals surface area contributed by atoms with Crippen LogP contribution < -0.4 is 0 Å². The molecule has 0 aliphatic heterocycles. The molecule has 0 spiro atoms. The van der Waals surface area contributed by atoms with E-state index in [0.717, 1.165) is 18.6 Å². The number of allylic oxidation sites excluding steroid dienone is 2. The van der Waals surface area contributed by atoms with Gasteiger partial charge in [-0.05, 0) is 49.0 Å². The molecule has 0 radical (unpaired) electrons. The number of esters is 1. The van der Waals surface area contributed by atoms with Crippen LogP contribution in [-0.4, -0.2) is 26.7 Å². The van der Waals surface area contributed by atoms with Crippen molar-refractivity contribution >= 4 is 14.3 Å². The summed E-state index contributed by atoms with van der Waals surface area (Å²) in [5, 5.41) is 0.0477. The van der Waals surface area contributed by atoms with Crippen molar-refractivity contribution in [3.8, 4) is 0 Å². The third-order valence-corrected chi connectivity index (χ3v) is 9.92. The summed E-state index contributed by atoms with van der Waals surface area (Å²) < 4.78 is 18.2. The molecule has 4 nitrogen and oxygen atoms in total. The van der Waals surface area contributed by atoms with Crippen LogP contribution in [0.15, 0.2) is 67.5 Å². The van der Waals surface area contributed by atoms with Crippen LogP contribution in [0.2, 0.25) is 18.1 Å². The largest absolute Gasteiger partial charge is 0.546 e. The highest BCUT2D eigenvalue weighted by molar-refractivity contribution is 6.74. The zero-order chi connectivity index (χ0) is 23.5. The standard InChI is InChI=1S/C26H40O4Si/c1-9-14-23(19-18-22-16-12-11-13-17-22)29-25(28-21(3)27)20-24(15-10-2)30-31(7,8)26(4,5)6/h9-13,15-17,23,25H,1-2,14,18-20H2,3-8H3/b24-15-/t23-,25?/m1/s1. The summed E-state index contributed by atoms with van der Waals surface area (Å²) in [7, 11) is -2.05. The van der Waals surface area contributed by atoms with Crippen LogP contribution in [0.1, 0.15) is 52.5 Å². The summed E-state index contributed by atoms with van der Waals surface area (Å²) in [6.07, 6.45) is 7.24. The first-order valence-corrected chi connectivity index (χ1v) is 13.9. The Bertz CT molecular complexity index is 732. The molecule has 2 atom stereocenters. The molecule has 0 saturated carbocycles. The van der Waals surface area contributed by atoms with Crippen LogP contribution in [-0.2, 0) is 25.1 Å². The van der Waals surface area contributed by atoms with E-state index in [-0.39, 0.29) is 17.1 Å². The Morgan fingerprint density at radius 1 is 1.16 bits per heavy atom. The fourth-order valence-corrected chi connectivity index (χ4v) is 3.95. The lowest BCUT2D eigenvalue weighted by Gasteiger charge is -2.38. The molecule has 0 amide bonds. The van der Waals surface area contributed by atoms with Crippen molar-refractivity contribution in [1.82, 2.24) is 0 Å². The van der Waals surface area contributed by atoms with Crippen LogP contribution in [0.5, 0.6) is 0 Å². The number of aryl methyl sites for hydroxylation is 1. The van der Waals surface area contributed by atoms with Gasteiger partial charge in [-0.2, -0.15) is 0 Å². The maximum atomic E-state index is 11.8. The SMILES string of the molecule is C=C/C=C(/CC(OC(C)=O)O[C@H](CC=C)CCc1ccccc1)O[Si](C)(C)C(C)(C)C. The van der Waals surface area contributed by atoms with Crippen molar-refractivity contribution < 1.29 is 18.7 Å². The molecule has 1 unspecified atom stereocenters. The van der Waals surface area contributed by atoms with E-state index in [1.807, 2.05) is 30.4 Å². The number of rotatable bonds is 13. The molecule has 5 heteroatoms. The first-order chi connectivity index (χ1) is 14.5. The molecule has 0 heterocycles. The summed E-state index contributed by atoms with van der Waals surface area (Å²) >= 11 is 0. The minimum absolute atomic E-state index is 0.0477. The van der Waals surface area contributed by atoms with Crippen LogP contribution in [0.4, 0.5) is 0 Å². The molecule has 1 rings (SSSR count). The maximum absolute atomic E-state index is 11.8. The van der Waals surface area contributed by atoms with Crippen molar-refractivity contribution in [3.05, 3.63) is 73.0 Å². The van der Waals surface area contributed by atoms with Crippen molar-refractivity contribution in [2.24, 2.45) is 0 Å². The highest BCUT2D eigenvalue weighted by atomic mass is 28.4. The quantitative estimate of drug-likeness (QED) is 0.0824. The summed E-state index contributed by atoms with van der Waals surface area (Å²) in [6, 6.07) is 10.3. The van der Waals surface area contributed by atoms with E-state index in [4.69, 9.17) is 13.9 Å². The molecule has 0 aliphatic carbocycles. The summed E-state index contributed by atoms with van der Waals surface area (Å²) in [5.41, 5.74) is 1.25. The molecule has 1 aromatic carbocycles. The van der Waals surface area contributed by atoms with E-state index in [1.165, 1.54) is 12.5 Å². The van der Waals surface area contributed by atoms with Gasteiger partial charge >= 0.3 is 5.97 Å². The highest BCUT2D eigenvalue weighted by Crippen LogP contribution is 2.38. The van der Waals surface area contributed by atoms with Gasteiger partial charge in [0.1, 0.15) is 0 Å². The average molecular weight is 445 g/mol. The fraction of sp³-hybridized carbons (Fsp3) is 0.500. The van der Waals surface area contributed by atoms with E-state index in [0.29, 0.717) is 12.8 Å². The van der Waals surface area contributed by atoms with Gasteiger partial charge in [-0.1, -0.05) is 69.8 Å². The van der Waals surface area contributed by atoms with Crippen LogP contribution in [0.3, 0.4) is 0 Å². The number of carbonyl (C=O) groups excluding carboxylic acids is 1. The predicted octanol–water partition coefficient (Wildman–Crippen LogP) is 6.95. The highest BCUT2D eigenvalue weighted by Gasteiger charge is 2.39. The molecule has 0 N–H and O–H groups in total. The molecule has 0 aliphatic rings. The minimum atomic E-state index is -2.05. The molecule has 0 aromatic heterocycles. The number of hydrogen-bond acceptors (Lipinski definition) is 4. The Balaban J connectivity index is 2.94. The van der Waals surface area contributed by atoms with Gasteiger partial charge < -0.3 is 13.9 Å². The molecular weight excluding hydrogens is 404 g/mol. The minimum Gasteiger partial charge on any atom is -0.546 e. The summed E-state index contributed by atoms with van der Waals surface area (Å²) in [5.74, 6) is 0.351. The Hall–Kier alpha value is -2.11. The third kappa shape index (κ3) is 10.2. The maximum Gasteiger partial charge on any atom is 0.304 e. The van der Waals surface area contributed by atoms with Crippen molar-refractivity contribution in [2.45, 2.75) is 83.9 Å². The normalized spacial score (nSPS) is 14.5. The monoisotopic (exact) mass is 444 g/mol. The molecule has 0 fully saturated rings. The lowest BCUT2D eigenvalue weighted by atomic mass is 10.0. The fourth-order valence-electron chi connectivity index (χ4n) is 2.84. The van der Waals surface area contributed by atoms with Gasteiger partial charge in [0.25, 0.3) is 0 Å². The first kappa shape index (κ1) is 26.9. The number of hydrogen-bond donors (Lipinski definition) is 0. The molecule has 1 aromatic rings. The lowest BCUT2D eigenvalue weighted by molar-refractivity contribution is -0.188. The second-order valence-electron chi connectivity index (χ2n) is 9.28. The first-order valence-electron chi connectivity index (χ1n) is 11.0. The second kappa shape index (κ2) is 12.7. The average Bonchev–Trinajstić information content (AvgIpc) is 2.65. The van der Waals surface area contributed by atoms with Gasteiger partial charge in [0, 0.05) is 6.92 Å². The third-order valence-electron chi connectivity index (χ3n) is 5.53. The molecule has 0 saturated heterocycles. The molecule has 31 heavy (non-hydrogen) atoms. The second-order valence-corrected chi connectivity index (χ2v) is 14.0. The van der Waals surface area contributed by atoms with Gasteiger partial charge in [0.05, 0.1) is 18.3 Å². The van der Waals surface area contributed by atoms with E-state index in [2.05, 4.69) is 59.2 Å². The van der Waals surface area contributed by atoms with Gasteiger partial charge in [-0.3, -0.25) is 4.79 Å². The predicted molar refractivity (Wildman–Crippen MR) is 131 cm³/mol. The number of ether oxygens (including phenoxy) is 2. The van der Waals surface area contributed by atoms with Gasteiger partial charge in [-0.25, -0.2) is 0 Å². The van der Waals surface area contributed by atoms with Crippen LogP contribution >= 0.6 is 0 Å². The zero-order valence-corrected chi connectivity index (χ0v) is 21.1. The summed E-state index contributed by atoms with van der Waals surface area (Å²) in [4.78, 5) is 11.8.